The Labute approximate surface area is 132 Å². The van der Waals surface area contributed by atoms with Crippen LogP contribution >= 0.6 is 22.7 Å². The molecule has 0 saturated heterocycles. The van der Waals surface area contributed by atoms with Gasteiger partial charge >= 0.3 is 0 Å². The molecular weight excluding hydrogens is 300 g/mol. The summed E-state index contributed by atoms with van der Waals surface area (Å²) in [5, 5.41) is 6.72. The molecule has 1 unspecified atom stereocenters. The molecule has 0 spiro atoms. The lowest BCUT2D eigenvalue weighted by atomic mass is 10.0. The quantitative estimate of drug-likeness (QED) is 0.746. The molecule has 0 aliphatic heterocycles. The summed E-state index contributed by atoms with van der Waals surface area (Å²) in [6.07, 6.45) is 0. The van der Waals surface area contributed by atoms with E-state index in [4.69, 9.17) is 5.73 Å². The molecule has 3 heterocycles. The largest absolute Gasteiger partial charge is 0.368 e. The standard InChI is InChI=1S/C15H18N4S2/c1-8(2)12(11-5-4-6-20-11)17-13-10-7-9(3)21-14(10)19-15(16)18-13/h4-8,12H,1-3H3,(H3,16,17,18,19). The van der Waals surface area contributed by atoms with Crippen molar-refractivity contribution in [2.24, 2.45) is 5.92 Å². The molecule has 0 bridgehead atoms. The number of thiophene rings is 2. The van der Waals surface area contributed by atoms with E-state index < -0.39 is 0 Å². The Morgan fingerprint density at radius 3 is 2.76 bits per heavy atom. The van der Waals surface area contributed by atoms with E-state index >= 15 is 0 Å². The van der Waals surface area contributed by atoms with E-state index in [2.05, 4.69) is 59.6 Å². The summed E-state index contributed by atoms with van der Waals surface area (Å²) in [5.74, 6) is 1.60. The molecule has 4 nitrogen and oxygen atoms in total. The lowest BCUT2D eigenvalue weighted by Crippen LogP contribution is -2.17. The van der Waals surface area contributed by atoms with Crippen LogP contribution in [-0.4, -0.2) is 9.97 Å². The molecule has 3 N–H and O–H groups in total. The second-order valence-corrected chi connectivity index (χ2v) is 7.60. The number of nitrogens with two attached hydrogens (primary N) is 1. The Balaban J connectivity index is 2.03. The first-order valence-corrected chi connectivity index (χ1v) is 8.58. The van der Waals surface area contributed by atoms with Gasteiger partial charge in [-0.3, -0.25) is 0 Å². The number of rotatable bonds is 4. The van der Waals surface area contributed by atoms with E-state index in [-0.39, 0.29) is 6.04 Å². The van der Waals surface area contributed by atoms with Crippen LogP contribution in [0.4, 0.5) is 11.8 Å². The normalized spacial score (nSPS) is 13.0. The summed E-state index contributed by atoms with van der Waals surface area (Å²) >= 11 is 3.40. The zero-order chi connectivity index (χ0) is 15.0. The van der Waals surface area contributed by atoms with Crippen LogP contribution in [-0.2, 0) is 0 Å². The number of hydrogen-bond donors (Lipinski definition) is 2. The average Bonchev–Trinajstić information content (AvgIpc) is 3.03. The van der Waals surface area contributed by atoms with Crippen molar-refractivity contribution >= 4 is 44.7 Å². The molecule has 110 valence electrons. The fraction of sp³-hybridized carbons (Fsp3) is 0.333. The second kappa shape index (κ2) is 5.61. The van der Waals surface area contributed by atoms with Gasteiger partial charge in [0, 0.05) is 9.75 Å². The number of aryl methyl sites for hydroxylation is 1. The van der Waals surface area contributed by atoms with Gasteiger partial charge in [-0.05, 0) is 30.4 Å². The Morgan fingerprint density at radius 1 is 1.29 bits per heavy atom. The summed E-state index contributed by atoms with van der Waals surface area (Å²) in [7, 11) is 0. The Morgan fingerprint density at radius 2 is 2.10 bits per heavy atom. The van der Waals surface area contributed by atoms with Crippen molar-refractivity contribution in [3.63, 3.8) is 0 Å². The highest BCUT2D eigenvalue weighted by molar-refractivity contribution is 7.18. The number of nitrogens with zero attached hydrogens (tertiary/aromatic N) is 2. The molecule has 6 heteroatoms. The predicted octanol–water partition coefficient (Wildman–Crippen LogP) is 4.45. The maximum absolute atomic E-state index is 5.85. The molecule has 3 aromatic rings. The predicted molar refractivity (Wildman–Crippen MR) is 92.1 cm³/mol. The number of hydrogen-bond acceptors (Lipinski definition) is 6. The van der Waals surface area contributed by atoms with Gasteiger partial charge in [-0.25, -0.2) is 4.98 Å². The molecule has 3 aromatic heterocycles. The van der Waals surface area contributed by atoms with Crippen LogP contribution in [0.1, 0.15) is 29.6 Å². The summed E-state index contributed by atoms with van der Waals surface area (Å²) in [6, 6.07) is 6.58. The minimum absolute atomic E-state index is 0.225. The summed E-state index contributed by atoms with van der Waals surface area (Å²) in [6.45, 7) is 6.49. The first kappa shape index (κ1) is 14.3. The number of aromatic nitrogens is 2. The molecule has 0 aliphatic carbocycles. The van der Waals surface area contributed by atoms with Crippen molar-refractivity contribution in [2.75, 3.05) is 11.1 Å². The number of fused-ring (bicyclic) bond motifs is 1. The topological polar surface area (TPSA) is 63.8 Å². The maximum atomic E-state index is 5.85. The van der Waals surface area contributed by atoms with Crippen molar-refractivity contribution < 1.29 is 0 Å². The zero-order valence-corrected chi connectivity index (χ0v) is 13.9. The van der Waals surface area contributed by atoms with Crippen molar-refractivity contribution in [2.45, 2.75) is 26.8 Å². The lowest BCUT2D eigenvalue weighted by molar-refractivity contribution is 0.552. The zero-order valence-electron chi connectivity index (χ0n) is 12.3. The molecular formula is C15H18N4S2. The lowest BCUT2D eigenvalue weighted by Gasteiger charge is -2.22. The smallest absolute Gasteiger partial charge is 0.223 e. The third kappa shape index (κ3) is 2.87. The van der Waals surface area contributed by atoms with E-state index in [1.54, 1.807) is 22.7 Å². The highest BCUT2D eigenvalue weighted by Gasteiger charge is 2.19. The average molecular weight is 318 g/mol. The summed E-state index contributed by atoms with van der Waals surface area (Å²) in [4.78, 5) is 12.2. The van der Waals surface area contributed by atoms with Gasteiger partial charge in [0.25, 0.3) is 0 Å². The van der Waals surface area contributed by atoms with Crippen LogP contribution in [0.15, 0.2) is 23.6 Å². The summed E-state index contributed by atoms with van der Waals surface area (Å²) < 4.78 is 0. The number of nitrogens with one attached hydrogen (secondary N) is 1. The minimum atomic E-state index is 0.225. The Hall–Kier alpha value is -1.66. The fourth-order valence-corrected chi connectivity index (χ4v) is 4.19. The second-order valence-electron chi connectivity index (χ2n) is 5.39. The van der Waals surface area contributed by atoms with Crippen LogP contribution in [0.3, 0.4) is 0 Å². The minimum Gasteiger partial charge on any atom is -0.368 e. The van der Waals surface area contributed by atoms with Gasteiger partial charge < -0.3 is 11.1 Å². The molecule has 0 radical (unpaired) electrons. The third-order valence-electron chi connectivity index (χ3n) is 3.34. The maximum Gasteiger partial charge on any atom is 0.223 e. The van der Waals surface area contributed by atoms with Gasteiger partial charge in [-0.1, -0.05) is 19.9 Å². The van der Waals surface area contributed by atoms with Gasteiger partial charge in [-0.15, -0.1) is 22.7 Å². The highest BCUT2D eigenvalue weighted by atomic mass is 32.1. The first-order chi connectivity index (χ1) is 10.0. The molecule has 1 atom stereocenters. The molecule has 0 aliphatic rings. The van der Waals surface area contributed by atoms with Crippen LogP contribution in [0, 0.1) is 12.8 Å². The summed E-state index contributed by atoms with van der Waals surface area (Å²) in [5.41, 5.74) is 5.85. The molecule has 0 aromatic carbocycles. The first-order valence-electron chi connectivity index (χ1n) is 6.88. The van der Waals surface area contributed by atoms with Gasteiger partial charge in [0.15, 0.2) is 0 Å². The van der Waals surface area contributed by atoms with Gasteiger partial charge in [0.05, 0.1) is 11.4 Å². The van der Waals surface area contributed by atoms with Gasteiger partial charge in [0.2, 0.25) is 5.95 Å². The van der Waals surface area contributed by atoms with Crippen LogP contribution < -0.4 is 11.1 Å². The van der Waals surface area contributed by atoms with Crippen molar-refractivity contribution in [3.05, 3.63) is 33.3 Å². The van der Waals surface area contributed by atoms with E-state index in [1.807, 2.05) is 0 Å². The Kier molecular flexibility index (Phi) is 3.82. The van der Waals surface area contributed by atoms with E-state index in [9.17, 15) is 0 Å². The fourth-order valence-electron chi connectivity index (χ4n) is 2.35. The van der Waals surface area contributed by atoms with Gasteiger partial charge in [0.1, 0.15) is 10.6 Å². The van der Waals surface area contributed by atoms with Crippen molar-refractivity contribution in [1.29, 1.82) is 0 Å². The van der Waals surface area contributed by atoms with E-state index in [0.29, 0.717) is 11.9 Å². The monoisotopic (exact) mass is 318 g/mol. The van der Waals surface area contributed by atoms with Crippen LogP contribution in [0.5, 0.6) is 0 Å². The van der Waals surface area contributed by atoms with Gasteiger partial charge in [-0.2, -0.15) is 4.98 Å². The van der Waals surface area contributed by atoms with Crippen molar-refractivity contribution in [3.8, 4) is 0 Å². The number of anilines is 2. The van der Waals surface area contributed by atoms with E-state index in [0.717, 1.165) is 16.0 Å². The number of nitrogen functional groups attached to an aromatic ring is 1. The van der Waals surface area contributed by atoms with Crippen LogP contribution in [0.25, 0.3) is 10.2 Å². The van der Waals surface area contributed by atoms with Crippen molar-refractivity contribution in [1.82, 2.24) is 9.97 Å². The highest BCUT2D eigenvalue weighted by Crippen LogP contribution is 2.34. The SMILES string of the molecule is Cc1cc2c(NC(c3cccs3)C(C)C)nc(N)nc2s1. The molecule has 21 heavy (non-hydrogen) atoms. The molecule has 3 rings (SSSR count). The van der Waals surface area contributed by atoms with Crippen LogP contribution in [0.2, 0.25) is 0 Å². The Bertz CT molecular complexity index is 746. The molecule has 0 amide bonds. The molecule has 0 saturated carbocycles. The molecule has 0 fully saturated rings. The van der Waals surface area contributed by atoms with E-state index in [1.165, 1.54) is 9.75 Å². The third-order valence-corrected chi connectivity index (χ3v) is 5.24.